The third kappa shape index (κ3) is 7.16. The first-order chi connectivity index (χ1) is 13.1. The molecule has 7 heteroatoms. The number of hydrogen-bond donors (Lipinski definition) is 4. The first kappa shape index (κ1) is 20.5. The van der Waals surface area contributed by atoms with Crippen LogP contribution in [0.4, 0.5) is 5.69 Å². The van der Waals surface area contributed by atoms with Crippen LogP contribution in [0.15, 0.2) is 54.6 Å². The number of aliphatic hydroxyl groups excluding tert-OH is 1. The molecule has 27 heavy (non-hydrogen) atoms. The minimum absolute atomic E-state index is 0.0132. The second-order valence-electron chi connectivity index (χ2n) is 5.87. The summed E-state index contributed by atoms with van der Waals surface area (Å²) < 4.78 is 0. The highest BCUT2D eigenvalue weighted by molar-refractivity contribution is 7.80. The van der Waals surface area contributed by atoms with Gasteiger partial charge in [-0.15, -0.1) is 0 Å². The van der Waals surface area contributed by atoms with E-state index in [9.17, 15) is 9.59 Å². The summed E-state index contributed by atoms with van der Waals surface area (Å²) in [6, 6.07) is 16.6. The summed E-state index contributed by atoms with van der Waals surface area (Å²) in [5, 5.41) is 17.2. The van der Waals surface area contributed by atoms with Crippen molar-refractivity contribution >= 4 is 34.8 Å². The minimum Gasteiger partial charge on any atom is -0.396 e. The van der Waals surface area contributed by atoms with Gasteiger partial charge in [0.25, 0.3) is 5.91 Å². The van der Waals surface area contributed by atoms with Gasteiger partial charge in [0.1, 0.15) is 0 Å². The van der Waals surface area contributed by atoms with Crippen LogP contribution in [0.1, 0.15) is 28.8 Å². The molecule has 0 saturated heterocycles. The zero-order chi connectivity index (χ0) is 19.5. The smallest absolute Gasteiger partial charge is 0.253 e. The van der Waals surface area contributed by atoms with Gasteiger partial charge in [-0.1, -0.05) is 42.5 Å². The lowest BCUT2D eigenvalue weighted by molar-refractivity contribution is -0.119. The predicted octanol–water partition coefficient (Wildman–Crippen LogP) is 2.24. The van der Waals surface area contributed by atoms with Crippen LogP contribution in [0.2, 0.25) is 0 Å². The molecule has 0 saturated carbocycles. The van der Waals surface area contributed by atoms with Gasteiger partial charge in [-0.25, -0.2) is 0 Å². The first-order valence-electron chi connectivity index (χ1n) is 8.73. The van der Waals surface area contributed by atoms with Crippen molar-refractivity contribution in [2.75, 3.05) is 18.5 Å². The number of hydrogen-bond acceptors (Lipinski definition) is 4. The zero-order valence-electron chi connectivity index (χ0n) is 14.9. The number of aryl methyl sites for hydroxylation is 1. The van der Waals surface area contributed by atoms with E-state index >= 15 is 0 Å². The van der Waals surface area contributed by atoms with E-state index in [2.05, 4.69) is 16.0 Å². The molecule has 2 aromatic carbocycles. The van der Waals surface area contributed by atoms with Crippen molar-refractivity contribution in [2.24, 2.45) is 0 Å². The Morgan fingerprint density at radius 2 is 1.70 bits per heavy atom. The summed E-state index contributed by atoms with van der Waals surface area (Å²) >= 11 is 5.19. The molecule has 0 aromatic heterocycles. The number of anilines is 1. The highest BCUT2D eigenvalue weighted by atomic mass is 32.1. The molecule has 2 amide bonds. The second-order valence-corrected chi connectivity index (χ2v) is 6.27. The maximum Gasteiger partial charge on any atom is 0.253 e. The van der Waals surface area contributed by atoms with Crippen LogP contribution in [0.25, 0.3) is 0 Å². The molecule has 6 nitrogen and oxygen atoms in total. The Labute approximate surface area is 164 Å². The lowest BCUT2D eigenvalue weighted by atomic mass is 10.1. The molecule has 0 aliphatic rings. The van der Waals surface area contributed by atoms with Gasteiger partial charge in [-0.2, -0.15) is 0 Å². The van der Waals surface area contributed by atoms with Gasteiger partial charge in [-0.3, -0.25) is 9.59 Å². The summed E-state index contributed by atoms with van der Waals surface area (Å²) in [5.41, 5.74) is 2.00. The van der Waals surface area contributed by atoms with Crippen molar-refractivity contribution in [3.05, 3.63) is 65.7 Å². The fourth-order valence-corrected chi connectivity index (χ4v) is 2.64. The number of rotatable bonds is 8. The Morgan fingerprint density at radius 3 is 2.44 bits per heavy atom. The van der Waals surface area contributed by atoms with Crippen molar-refractivity contribution in [3.63, 3.8) is 0 Å². The van der Waals surface area contributed by atoms with Gasteiger partial charge in [0.15, 0.2) is 5.11 Å². The highest BCUT2D eigenvalue weighted by Gasteiger charge is 2.12. The van der Waals surface area contributed by atoms with Crippen molar-refractivity contribution in [2.45, 2.75) is 19.3 Å². The van der Waals surface area contributed by atoms with E-state index in [1.54, 1.807) is 24.3 Å². The van der Waals surface area contributed by atoms with Gasteiger partial charge in [-0.05, 0) is 42.8 Å². The van der Waals surface area contributed by atoms with Crippen LogP contribution < -0.4 is 16.0 Å². The highest BCUT2D eigenvalue weighted by Crippen LogP contribution is 2.15. The van der Waals surface area contributed by atoms with Crippen molar-refractivity contribution in [1.82, 2.24) is 10.6 Å². The number of para-hydroxylation sites is 1. The van der Waals surface area contributed by atoms with Crippen LogP contribution in [-0.4, -0.2) is 35.2 Å². The predicted molar refractivity (Wildman–Crippen MR) is 110 cm³/mol. The molecule has 0 atom stereocenters. The topological polar surface area (TPSA) is 90.5 Å². The molecule has 0 bridgehead atoms. The second kappa shape index (κ2) is 11.1. The zero-order valence-corrected chi connectivity index (χ0v) is 15.7. The lowest BCUT2D eigenvalue weighted by Crippen LogP contribution is -2.35. The minimum atomic E-state index is -0.273. The largest absolute Gasteiger partial charge is 0.396 e. The molecule has 0 radical (unpaired) electrons. The lowest BCUT2D eigenvalue weighted by Gasteiger charge is -2.13. The molecule has 0 aliphatic heterocycles. The summed E-state index contributed by atoms with van der Waals surface area (Å²) in [6.45, 7) is 0.392. The molecule has 0 fully saturated rings. The molecule has 142 valence electrons. The monoisotopic (exact) mass is 385 g/mol. The van der Waals surface area contributed by atoms with Crippen LogP contribution in [0.3, 0.4) is 0 Å². The van der Waals surface area contributed by atoms with Crippen molar-refractivity contribution in [1.29, 1.82) is 0 Å². The maximum atomic E-state index is 12.2. The van der Waals surface area contributed by atoms with Gasteiger partial charge in [0.2, 0.25) is 5.91 Å². The van der Waals surface area contributed by atoms with E-state index < -0.39 is 0 Å². The quantitative estimate of drug-likeness (QED) is 0.413. The SMILES string of the molecule is O=C(CCc1ccccc1)NC(=S)Nc1ccccc1C(=O)NCCCO. The van der Waals surface area contributed by atoms with Crippen LogP contribution in [-0.2, 0) is 11.2 Å². The van der Waals surface area contributed by atoms with Crippen LogP contribution in [0.5, 0.6) is 0 Å². The van der Waals surface area contributed by atoms with Gasteiger partial charge < -0.3 is 21.1 Å². The third-order valence-corrected chi connectivity index (χ3v) is 3.98. The molecule has 0 aliphatic carbocycles. The third-order valence-electron chi connectivity index (χ3n) is 3.78. The molecule has 0 spiro atoms. The van der Waals surface area contributed by atoms with E-state index in [0.717, 1.165) is 5.56 Å². The molecule has 0 heterocycles. The van der Waals surface area contributed by atoms with E-state index in [-0.39, 0.29) is 23.5 Å². The van der Waals surface area contributed by atoms with E-state index in [1.165, 1.54) is 0 Å². The summed E-state index contributed by atoms with van der Waals surface area (Å²) in [5.74, 6) is -0.467. The maximum absolute atomic E-state index is 12.2. The van der Waals surface area contributed by atoms with E-state index in [4.69, 9.17) is 17.3 Å². The molecular weight excluding hydrogens is 362 g/mol. The number of amides is 2. The van der Waals surface area contributed by atoms with Gasteiger partial charge >= 0.3 is 0 Å². The Balaban J connectivity index is 1.87. The number of thiocarbonyl (C=S) groups is 1. The average Bonchev–Trinajstić information content (AvgIpc) is 2.67. The van der Waals surface area contributed by atoms with Gasteiger partial charge in [0.05, 0.1) is 11.3 Å². The fraction of sp³-hybridized carbons (Fsp3) is 0.250. The average molecular weight is 385 g/mol. The summed E-state index contributed by atoms with van der Waals surface area (Å²) in [7, 11) is 0. The van der Waals surface area contributed by atoms with Crippen molar-refractivity contribution in [3.8, 4) is 0 Å². The molecule has 4 N–H and O–H groups in total. The number of carbonyl (C=O) groups excluding carboxylic acids is 2. The van der Waals surface area contributed by atoms with E-state index in [0.29, 0.717) is 37.1 Å². The molecule has 2 aromatic rings. The molecule has 2 rings (SSSR count). The number of carbonyl (C=O) groups is 2. The number of aliphatic hydroxyl groups is 1. The van der Waals surface area contributed by atoms with Crippen LogP contribution in [0, 0.1) is 0 Å². The van der Waals surface area contributed by atoms with Gasteiger partial charge in [0, 0.05) is 19.6 Å². The summed E-state index contributed by atoms with van der Waals surface area (Å²) in [4.78, 5) is 24.3. The fourth-order valence-electron chi connectivity index (χ4n) is 2.41. The Kier molecular flexibility index (Phi) is 8.41. The standard InChI is InChI=1S/C20H23N3O3S/c24-14-6-13-21-19(26)16-9-4-5-10-17(16)22-20(27)23-18(25)12-11-15-7-2-1-3-8-15/h1-5,7-10,24H,6,11-14H2,(H,21,26)(H2,22,23,25,27). The Morgan fingerprint density at radius 1 is 1.00 bits per heavy atom. The molecule has 0 unspecified atom stereocenters. The Hall–Kier alpha value is -2.77. The first-order valence-corrected chi connectivity index (χ1v) is 9.14. The number of nitrogens with one attached hydrogen (secondary N) is 3. The van der Waals surface area contributed by atoms with E-state index in [1.807, 2.05) is 30.3 Å². The molecular formula is C20H23N3O3S. The summed E-state index contributed by atoms with van der Waals surface area (Å²) in [6.07, 6.45) is 1.42. The normalized spacial score (nSPS) is 10.1. The Bertz CT molecular complexity index is 781. The number of benzene rings is 2. The van der Waals surface area contributed by atoms with Crippen molar-refractivity contribution < 1.29 is 14.7 Å². The van der Waals surface area contributed by atoms with Crippen LogP contribution >= 0.6 is 12.2 Å².